The molecule has 0 saturated heterocycles. The average Bonchev–Trinajstić information content (AvgIpc) is 2.37. The van der Waals surface area contributed by atoms with E-state index in [1.54, 1.807) is 24.3 Å². The molecule has 0 aliphatic carbocycles. The first-order valence-electron chi connectivity index (χ1n) is 5.85. The third-order valence-corrected chi connectivity index (χ3v) is 4.52. The molecule has 0 unspecified atom stereocenters. The van der Waals surface area contributed by atoms with Crippen molar-refractivity contribution in [1.82, 2.24) is 0 Å². The van der Waals surface area contributed by atoms with E-state index in [0.717, 1.165) is 10.0 Å². The molecule has 0 heterocycles. The maximum atomic E-state index is 12.3. The second kappa shape index (κ2) is 5.85. The highest BCUT2D eigenvalue weighted by atomic mass is 79.9. The van der Waals surface area contributed by atoms with Crippen molar-refractivity contribution < 1.29 is 13.2 Å². The molecule has 2 aromatic rings. The molecule has 2 rings (SSSR count). The van der Waals surface area contributed by atoms with Crippen molar-refractivity contribution in [3.8, 4) is 5.75 Å². The average molecular weight is 356 g/mol. The zero-order valence-corrected chi connectivity index (χ0v) is 13.5. The molecule has 0 fully saturated rings. The van der Waals surface area contributed by atoms with Crippen molar-refractivity contribution in [2.24, 2.45) is 0 Å². The zero-order valence-electron chi connectivity index (χ0n) is 11.1. The van der Waals surface area contributed by atoms with Crippen molar-refractivity contribution in [3.63, 3.8) is 0 Å². The summed E-state index contributed by atoms with van der Waals surface area (Å²) in [6, 6.07) is 11.6. The largest absolute Gasteiger partial charge is 0.497 e. The molecule has 0 atom stereocenters. The van der Waals surface area contributed by atoms with Crippen molar-refractivity contribution in [2.75, 3.05) is 11.8 Å². The van der Waals surface area contributed by atoms with E-state index in [1.165, 1.54) is 19.2 Å². The number of ether oxygens (including phenoxy) is 1. The quantitative estimate of drug-likeness (QED) is 0.911. The molecule has 0 aliphatic rings. The number of anilines is 1. The van der Waals surface area contributed by atoms with Crippen LogP contribution in [0, 0.1) is 6.92 Å². The number of aryl methyl sites for hydroxylation is 1. The van der Waals surface area contributed by atoms with E-state index in [1.807, 2.05) is 13.0 Å². The van der Waals surface area contributed by atoms with Gasteiger partial charge in [0.15, 0.2) is 0 Å². The molecule has 0 amide bonds. The number of rotatable bonds is 4. The van der Waals surface area contributed by atoms with Crippen LogP contribution in [0.4, 0.5) is 5.69 Å². The van der Waals surface area contributed by atoms with Crippen LogP contribution in [0.5, 0.6) is 5.75 Å². The van der Waals surface area contributed by atoms with Gasteiger partial charge >= 0.3 is 0 Å². The minimum absolute atomic E-state index is 0.191. The van der Waals surface area contributed by atoms with Gasteiger partial charge in [-0.15, -0.1) is 0 Å². The van der Waals surface area contributed by atoms with Crippen LogP contribution in [0.25, 0.3) is 0 Å². The second-order valence-corrected chi connectivity index (χ2v) is 6.90. The Hall–Kier alpha value is -1.53. The first-order chi connectivity index (χ1) is 9.40. The third-order valence-electron chi connectivity index (χ3n) is 2.66. The summed E-state index contributed by atoms with van der Waals surface area (Å²) in [6.45, 7) is 1.90. The summed E-state index contributed by atoms with van der Waals surface area (Å²) in [7, 11) is -2.06. The lowest BCUT2D eigenvalue weighted by atomic mass is 10.2. The summed E-state index contributed by atoms with van der Waals surface area (Å²) >= 11 is 3.34. The van der Waals surface area contributed by atoms with E-state index >= 15 is 0 Å². The van der Waals surface area contributed by atoms with Crippen molar-refractivity contribution >= 4 is 31.6 Å². The van der Waals surface area contributed by atoms with Crippen molar-refractivity contribution in [1.29, 1.82) is 0 Å². The molecule has 0 aromatic heterocycles. The lowest BCUT2D eigenvalue weighted by Gasteiger charge is -2.10. The highest BCUT2D eigenvalue weighted by Crippen LogP contribution is 2.23. The number of benzene rings is 2. The molecule has 0 radical (unpaired) electrons. The van der Waals surface area contributed by atoms with Crippen LogP contribution in [-0.4, -0.2) is 15.5 Å². The second-order valence-electron chi connectivity index (χ2n) is 4.30. The van der Waals surface area contributed by atoms with Gasteiger partial charge in [0.25, 0.3) is 10.0 Å². The third kappa shape index (κ3) is 3.52. The van der Waals surface area contributed by atoms with Crippen LogP contribution in [0.2, 0.25) is 0 Å². The Bertz CT molecular complexity index is 691. The maximum absolute atomic E-state index is 12.3. The van der Waals surface area contributed by atoms with Gasteiger partial charge in [0.05, 0.1) is 17.7 Å². The van der Waals surface area contributed by atoms with Crippen LogP contribution in [0.15, 0.2) is 51.8 Å². The fourth-order valence-corrected chi connectivity index (χ4v) is 3.41. The summed E-state index contributed by atoms with van der Waals surface area (Å²) in [5.74, 6) is 0.613. The minimum Gasteiger partial charge on any atom is -0.497 e. The Labute approximate surface area is 127 Å². The molecule has 20 heavy (non-hydrogen) atoms. The summed E-state index contributed by atoms with van der Waals surface area (Å²) < 4.78 is 32.9. The van der Waals surface area contributed by atoms with Crippen molar-refractivity contribution in [3.05, 3.63) is 52.5 Å². The monoisotopic (exact) mass is 355 g/mol. The molecular formula is C14H14BrNO3S. The molecular weight excluding hydrogens is 342 g/mol. The van der Waals surface area contributed by atoms with Gasteiger partial charge in [0, 0.05) is 4.47 Å². The van der Waals surface area contributed by atoms with Gasteiger partial charge in [0.2, 0.25) is 0 Å². The van der Waals surface area contributed by atoms with Gasteiger partial charge in [-0.3, -0.25) is 4.72 Å². The smallest absolute Gasteiger partial charge is 0.261 e. The predicted octanol–water partition coefficient (Wildman–Crippen LogP) is 3.57. The molecule has 0 bridgehead atoms. The van der Waals surface area contributed by atoms with Crippen LogP contribution in [0.3, 0.4) is 0 Å². The fraction of sp³-hybridized carbons (Fsp3) is 0.143. The molecule has 4 nitrogen and oxygen atoms in total. The molecule has 1 N–H and O–H groups in total. The Morgan fingerprint density at radius 3 is 2.30 bits per heavy atom. The SMILES string of the molecule is COc1ccc(S(=O)(=O)Nc2cc(C)cc(Br)c2)cc1. The highest BCUT2D eigenvalue weighted by molar-refractivity contribution is 9.10. The lowest BCUT2D eigenvalue weighted by molar-refractivity contribution is 0.414. The topological polar surface area (TPSA) is 55.4 Å². The molecule has 6 heteroatoms. The van der Waals surface area contributed by atoms with Gasteiger partial charge in [-0.2, -0.15) is 0 Å². The van der Waals surface area contributed by atoms with E-state index in [0.29, 0.717) is 11.4 Å². The Morgan fingerprint density at radius 2 is 1.75 bits per heavy atom. The summed E-state index contributed by atoms with van der Waals surface area (Å²) in [5.41, 5.74) is 1.49. The minimum atomic E-state index is -3.60. The van der Waals surface area contributed by atoms with Gasteiger partial charge in [-0.1, -0.05) is 15.9 Å². The van der Waals surface area contributed by atoms with Crippen molar-refractivity contribution in [2.45, 2.75) is 11.8 Å². The standard InChI is InChI=1S/C14H14BrNO3S/c1-10-7-11(15)9-12(8-10)16-20(17,18)14-5-3-13(19-2)4-6-14/h3-9,16H,1-2H3. The summed E-state index contributed by atoms with van der Waals surface area (Å²) in [6.07, 6.45) is 0. The van der Waals surface area contributed by atoms with E-state index in [2.05, 4.69) is 20.7 Å². The van der Waals surface area contributed by atoms with E-state index in [9.17, 15) is 8.42 Å². The lowest BCUT2D eigenvalue weighted by Crippen LogP contribution is -2.13. The number of nitrogens with one attached hydrogen (secondary N) is 1. The summed E-state index contributed by atoms with van der Waals surface area (Å²) in [5, 5.41) is 0. The predicted molar refractivity (Wildman–Crippen MR) is 82.7 cm³/mol. The first kappa shape index (κ1) is 14.9. The summed E-state index contributed by atoms with van der Waals surface area (Å²) in [4.78, 5) is 0.191. The van der Waals surface area contributed by atoms with Gasteiger partial charge in [0.1, 0.15) is 5.75 Å². The number of sulfonamides is 1. The Balaban J connectivity index is 2.30. The fourth-order valence-electron chi connectivity index (χ4n) is 1.76. The van der Waals surface area contributed by atoms with Crippen LogP contribution in [0.1, 0.15) is 5.56 Å². The molecule has 106 valence electrons. The Morgan fingerprint density at radius 1 is 1.10 bits per heavy atom. The maximum Gasteiger partial charge on any atom is 0.261 e. The van der Waals surface area contributed by atoms with Gasteiger partial charge in [-0.25, -0.2) is 8.42 Å². The van der Waals surface area contributed by atoms with E-state index in [-0.39, 0.29) is 4.90 Å². The number of halogens is 1. The van der Waals surface area contributed by atoms with E-state index < -0.39 is 10.0 Å². The first-order valence-corrected chi connectivity index (χ1v) is 8.12. The number of hydrogen-bond acceptors (Lipinski definition) is 3. The normalized spacial score (nSPS) is 11.2. The van der Waals surface area contributed by atoms with Crippen LogP contribution in [-0.2, 0) is 10.0 Å². The molecule has 2 aromatic carbocycles. The van der Waals surface area contributed by atoms with Gasteiger partial charge in [-0.05, 0) is 55.0 Å². The zero-order chi connectivity index (χ0) is 14.8. The van der Waals surface area contributed by atoms with Crippen LogP contribution < -0.4 is 9.46 Å². The van der Waals surface area contributed by atoms with E-state index in [4.69, 9.17) is 4.74 Å². The number of methoxy groups -OCH3 is 1. The molecule has 0 spiro atoms. The van der Waals surface area contributed by atoms with Crippen LogP contribution >= 0.6 is 15.9 Å². The number of hydrogen-bond donors (Lipinski definition) is 1. The Kier molecular flexibility index (Phi) is 4.35. The van der Waals surface area contributed by atoms with Gasteiger partial charge < -0.3 is 4.74 Å². The molecule has 0 aliphatic heterocycles. The molecule has 0 saturated carbocycles. The highest BCUT2D eigenvalue weighted by Gasteiger charge is 2.14.